The third-order valence-electron chi connectivity index (χ3n) is 6.28. The van der Waals surface area contributed by atoms with Crippen molar-refractivity contribution in [3.05, 3.63) is 0 Å². The molecule has 106 valence electrons. The van der Waals surface area contributed by atoms with E-state index < -0.39 is 0 Å². The molecule has 6 atom stereocenters. The zero-order chi connectivity index (χ0) is 13.0. The molecule has 6 unspecified atom stereocenters. The lowest BCUT2D eigenvalue weighted by molar-refractivity contribution is 0.132. The number of fused-ring (bicyclic) bond motifs is 4. The van der Waals surface area contributed by atoms with E-state index in [0.29, 0.717) is 12.1 Å². The Morgan fingerprint density at radius 3 is 2.11 bits per heavy atom. The maximum Gasteiger partial charge on any atom is 0.147 e. The minimum Gasteiger partial charge on any atom is -0.290 e. The van der Waals surface area contributed by atoms with E-state index in [2.05, 4.69) is 23.1 Å². The number of hydrazine groups is 1. The number of nitrogens with one attached hydrogen (secondary N) is 1. The lowest BCUT2D eigenvalue weighted by Crippen LogP contribution is -2.54. The van der Waals surface area contributed by atoms with Gasteiger partial charge in [0.25, 0.3) is 0 Å². The Kier molecular flexibility index (Phi) is 3.32. The van der Waals surface area contributed by atoms with E-state index in [1.165, 1.54) is 51.4 Å². The molecule has 4 aliphatic rings. The standard InChI is InChI=1S/C15H24N2S2/c18-15(19)17(14-8-10-2-4-12(14)6-10)16-13-7-9-1-3-11(13)5-9/h9-14,16H,1-8H2,(H,18,19). The first-order valence-electron chi connectivity index (χ1n) is 7.99. The number of hydrogen-bond donors (Lipinski definition) is 2. The first kappa shape index (κ1) is 12.9. The van der Waals surface area contributed by atoms with E-state index >= 15 is 0 Å². The molecule has 0 aliphatic heterocycles. The summed E-state index contributed by atoms with van der Waals surface area (Å²) in [6.45, 7) is 0. The van der Waals surface area contributed by atoms with Crippen molar-refractivity contribution < 1.29 is 0 Å². The van der Waals surface area contributed by atoms with Gasteiger partial charge in [-0.2, -0.15) is 0 Å². The first-order valence-corrected chi connectivity index (χ1v) is 8.84. The molecule has 4 aliphatic carbocycles. The van der Waals surface area contributed by atoms with Gasteiger partial charge in [-0.25, -0.2) is 5.43 Å². The summed E-state index contributed by atoms with van der Waals surface area (Å²) >= 11 is 9.92. The van der Waals surface area contributed by atoms with Crippen molar-refractivity contribution in [2.75, 3.05) is 0 Å². The Morgan fingerprint density at radius 2 is 1.63 bits per heavy atom. The van der Waals surface area contributed by atoms with Crippen LogP contribution in [0.25, 0.3) is 0 Å². The van der Waals surface area contributed by atoms with Crippen LogP contribution >= 0.6 is 24.8 Å². The predicted molar refractivity (Wildman–Crippen MR) is 85.0 cm³/mol. The predicted octanol–water partition coefficient (Wildman–Crippen LogP) is 3.38. The third kappa shape index (κ3) is 2.24. The van der Waals surface area contributed by atoms with E-state index in [1.807, 2.05) is 0 Å². The zero-order valence-corrected chi connectivity index (χ0v) is 13.1. The van der Waals surface area contributed by atoms with Crippen molar-refractivity contribution >= 4 is 29.2 Å². The summed E-state index contributed by atoms with van der Waals surface area (Å²) in [6.07, 6.45) is 11.3. The molecule has 0 amide bonds. The molecule has 0 saturated heterocycles. The average molecular weight is 297 g/mol. The number of hydrogen-bond acceptors (Lipinski definition) is 2. The van der Waals surface area contributed by atoms with Gasteiger partial charge in [-0.05, 0) is 62.2 Å². The summed E-state index contributed by atoms with van der Waals surface area (Å²) in [5, 5.41) is 2.29. The quantitative estimate of drug-likeness (QED) is 0.472. The van der Waals surface area contributed by atoms with Gasteiger partial charge in [0.05, 0.1) is 0 Å². The van der Waals surface area contributed by atoms with Gasteiger partial charge < -0.3 is 0 Å². The molecule has 1 N–H and O–H groups in total. The highest BCUT2D eigenvalue weighted by molar-refractivity contribution is 8.10. The molecule has 4 saturated carbocycles. The smallest absolute Gasteiger partial charge is 0.147 e. The van der Waals surface area contributed by atoms with Gasteiger partial charge >= 0.3 is 0 Å². The summed E-state index contributed by atoms with van der Waals surface area (Å²) in [5.41, 5.74) is 3.79. The molecule has 2 nitrogen and oxygen atoms in total. The minimum atomic E-state index is 0.628. The molecule has 4 fully saturated rings. The fraction of sp³-hybridized carbons (Fsp3) is 0.933. The monoisotopic (exact) mass is 296 g/mol. The molecule has 4 heteroatoms. The second kappa shape index (κ2) is 4.88. The highest BCUT2D eigenvalue weighted by Crippen LogP contribution is 2.48. The second-order valence-electron chi connectivity index (χ2n) is 7.31. The van der Waals surface area contributed by atoms with Crippen LogP contribution in [0.15, 0.2) is 0 Å². The van der Waals surface area contributed by atoms with Crippen molar-refractivity contribution in [2.45, 2.75) is 63.5 Å². The number of thiocarbonyl (C=S) groups is 1. The van der Waals surface area contributed by atoms with E-state index in [-0.39, 0.29) is 0 Å². The average Bonchev–Trinajstić information content (AvgIpc) is 3.14. The lowest BCUT2D eigenvalue weighted by atomic mass is 9.94. The van der Waals surface area contributed by atoms with Crippen LogP contribution < -0.4 is 5.43 Å². The van der Waals surface area contributed by atoms with Gasteiger partial charge in [-0.3, -0.25) is 5.01 Å². The van der Waals surface area contributed by atoms with Crippen molar-refractivity contribution in [1.82, 2.24) is 10.4 Å². The molecule has 0 aromatic heterocycles. The van der Waals surface area contributed by atoms with Crippen LogP contribution in [0.2, 0.25) is 0 Å². The first-order chi connectivity index (χ1) is 9.20. The van der Waals surface area contributed by atoms with Crippen molar-refractivity contribution in [3.63, 3.8) is 0 Å². The van der Waals surface area contributed by atoms with Crippen LogP contribution in [0.4, 0.5) is 0 Å². The Hall–Kier alpha value is 0.200. The summed E-state index contributed by atoms with van der Waals surface area (Å²) in [7, 11) is 0. The minimum absolute atomic E-state index is 0.628. The van der Waals surface area contributed by atoms with E-state index in [0.717, 1.165) is 28.0 Å². The van der Waals surface area contributed by atoms with Gasteiger partial charge in [0.15, 0.2) is 0 Å². The molecular weight excluding hydrogens is 272 g/mol. The van der Waals surface area contributed by atoms with Crippen LogP contribution in [0.1, 0.15) is 51.4 Å². The molecule has 0 radical (unpaired) electrons. The zero-order valence-electron chi connectivity index (χ0n) is 11.4. The van der Waals surface area contributed by atoms with Gasteiger partial charge in [0.2, 0.25) is 0 Å². The van der Waals surface area contributed by atoms with Gasteiger partial charge in [0, 0.05) is 12.1 Å². The molecule has 4 bridgehead atoms. The molecule has 4 rings (SSSR count). The Bertz CT molecular complexity index is 386. The summed E-state index contributed by atoms with van der Waals surface area (Å²) in [4.78, 5) is 0. The Labute approximate surface area is 127 Å². The summed E-state index contributed by atoms with van der Waals surface area (Å²) in [5.74, 6) is 3.70. The molecule has 0 spiro atoms. The molecule has 19 heavy (non-hydrogen) atoms. The number of nitrogens with zero attached hydrogens (tertiary/aromatic N) is 1. The van der Waals surface area contributed by atoms with Crippen molar-refractivity contribution in [1.29, 1.82) is 0 Å². The van der Waals surface area contributed by atoms with Crippen molar-refractivity contribution in [2.24, 2.45) is 23.7 Å². The number of rotatable bonds is 3. The molecule has 0 aromatic rings. The van der Waals surface area contributed by atoms with Gasteiger partial charge in [0.1, 0.15) is 4.32 Å². The van der Waals surface area contributed by atoms with Crippen LogP contribution in [0, 0.1) is 23.7 Å². The summed E-state index contributed by atoms with van der Waals surface area (Å²) in [6, 6.07) is 1.30. The van der Waals surface area contributed by atoms with E-state index in [4.69, 9.17) is 12.2 Å². The second-order valence-corrected chi connectivity index (χ2v) is 8.42. The van der Waals surface area contributed by atoms with Gasteiger partial charge in [-0.15, -0.1) is 12.6 Å². The Balaban J connectivity index is 1.45. The highest BCUT2D eigenvalue weighted by Gasteiger charge is 2.45. The number of thiol groups is 1. The van der Waals surface area contributed by atoms with Crippen molar-refractivity contribution in [3.8, 4) is 0 Å². The fourth-order valence-corrected chi connectivity index (χ4v) is 5.80. The molecule has 0 heterocycles. The van der Waals surface area contributed by atoms with Crippen LogP contribution in [-0.2, 0) is 0 Å². The van der Waals surface area contributed by atoms with E-state index in [1.54, 1.807) is 0 Å². The van der Waals surface area contributed by atoms with E-state index in [9.17, 15) is 0 Å². The van der Waals surface area contributed by atoms with Gasteiger partial charge in [-0.1, -0.05) is 25.1 Å². The SMILES string of the molecule is S=C(S)N(NC1CC2CCC1C2)C1CC2CCC1C2. The fourth-order valence-electron chi connectivity index (χ4n) is 5.40. The topological polar surface area (TPSA) is 15.3 Å². The van der Waals surface area contributed by atoms with Crippen LogP contribution in [0.5, 0.6) is 0 Å². The third-order valence-corrected chi connectivity index (χ3v) is 6.69. The molecule has 0 aromatic carbocycles. The maximum atomic E-state index is 5.42. The lowest BCUT2D eigenvalue weighted by Gasteiger charge is -2.39. The molecular formula is C15H24N2S2. The van der Waals surface area contributed by atoms with Crippen LogP contribution in [0.3, 0.4) is 0 Å². The maximum absolute atomic E-state index is 5.42. The Morgan fingerprint density at radius 1 is 0.947 bits per heavy atom. The largest absolute Gasteiger partial charge is 0.290 e. The normalized spacial score (nSPS) is 47.0. The highest BCUT2D eigenvalue weighted by atomic mass is 32.1. The summed E-state index contributed by atoms with van der Waals surface area (Å²) < 4.78 is 0.764. The van der Waals surface area contributed by atoms with Crippen LogP contribution in [-0.4, -0.2) is 21.4 Å².